The Morgan fingerprint density at radius 2 is 2.00 bits per heavy atom. The van der Waals surface area contributed by atoms with Gasteiger partial charge in [-0.25, -0.2) is 8.42 Å². The number of sulfonamides is 1. The van der Waals surface area contributed by atoms with Crippen LogP contribution < -0.4 is 11.1 Å². The largest absolute Gasteiger partial charge is 0.379 e. The summed E-state index contributed by atoms with van der Waals surface area (Å²) in [5.41, 5.74) is 6.53. The van der Waals surface area contributed by atoms with Crippen LogP contribution >= 0.6 is 12.4 Å². The summed E-state index contributed by atoms with van der Waals surface area (Å²) < 4.78 is 32.5. The first-order valence-corrected chi connectivity index (χ1v) is 9.56. The number of nitrogens with two attached hydrogens (primary N) is 1. The second-order valence-electron chi connectivity index (χ2n) is 5.80. The monoisotopic (exact) mass is 391 g/mol. The molecule has 0 aliphatic carbocycles. The lowest BCUT2D eigenvalue weighted by Gasteiger charge is -2.27. The molecule has 1 aromatic rings. The number of hydrogen-bond acceptors (Lipinski definition) is 5. The summed E-state index contributed by atoms with van der Waals surface area (Å²) in [6, 6.07) is 4.63. The average Bonchev–Trinajstić information content (AvgIpc) is 2.61. The molecule has 0 saturated carbocycles. The Morgan fingerprint density at radius 3 is 2.56 bits per heavy atom. The fourth-order valence-electron chi connectivity index (χ4n) is 2.52. The van der Waals surface area contributed by atoms with E-state index in [0.717, 1.165) is 0 Å². The molecule has 0 radical (unpaired) electrons. The van der Waals surface area contributed by atoms with Crippen molar-refractivity contribution < 1.29 is 17.9 Å². The van der Waals surface area contributed by atoms with Crippen LogP contribution in [0.3, 0.4) is 0 Å². The van der Waals surface area contributed by atoms with Crippen LogP contribution in [-0.2, 0) is 21.2 Å². The molecule has 1 amide bonds. The van der Waals surface area contributed by atoms with E-state index in [1.165, 1.54) is 10.4 Å². The van der Waals surface area contributed by atoms with Crippen LogP contribution in [-0.4, -0.2) is 57.5 Å². The topological polar surface area (TPSA) is 102 Å². The molecule has 25 heavy (non-hydrogen) atoms. The van der Waals surface area contributed by atoms with E-state index < -0.39 is 10.0 Å². The van der Waals surface area contributed by atoms with Crippen molar-refractivity contribution in [1.82, 2.24) is 9.62 Å². The van der Waals surface area contributed by atoms with Gasteiger partial charge in [0, 0.05) is 31.2 Å². The van der Waals surface area contributed by atoms with Crippen LogP contribution in [0.5, 0.6) is 0 Å². The minimum atomic E-state index is -3.65. The molecule has 1 heterocycles. The highest BCUT2D eigenvalue weighted by molar-refractivity contribution is 7.89. The van der Waals surface area contributed by atoms with Crippen molar-refractivity contribution in [3.05, 3.63) is 29.3 Å². The third-order valence-electron chi connectivity index (χ3n) is 4.03. The number of ether oxygens (including phenoxy) is 1. The molecule has 0 unspecified atom stereocenters. The van der Waals surface area contributed by atoms with Crippen molar-refractivity contribution in [3.8, 4) is 0 Å². The molecular weight excluding hydrogens is 366 g/mol. The number of carbonyl (C=O) groups is 1. The van der Waals surface area contributed by atoms with Crippen molar-refractivity contribution in [2.75, 3.05) is 32.8 Å². The van der Waals surface area contributed by atoms with Gasteiger partial charge in [-0.3, -0.25) is 4.79 Å². The molecule has 1 aromatic carbocycles. The SMILES string of the molecule is CCc1ccc(C(=O)N[C@@H](C)CN)cc1S(=O)(=O)N1CCOCC1.Cl. The summed E-state index contributed by atoms with van der Waals surface area (Å²) in [5.74, 6) is -0.325. The van der Waals surface area contributed by atoms with E-state index in [1.54, 1.807) is 19.1 Å². The third kappa shape index (κ3) is 5.15. The fourth-order valence-corrected chi connectivity index (χ4v) is 4.25. The summed E-state index contributed by atoms with van der Waals surface area (Å²) in [7, 11) is -3.65. The molecular formula is C16H26ClN3O4S. The number of halogens is 1. The maximum atomic E-state index is 12.9. The first kappa shape index (κ1) is 21.9. The average molecular weight is 392 g/mol. The Labute approximate surface area is 155 Å². The zero-order valence-corrected chi connectivity index (χ0v) is 16.2. The smallest absolute Gasteiger partial charge is 0.251 e. The van der Waals surface area contributed by atoms with Gasteiger partial charge in [-0.05, 0) is 31.0 Å². The highest BCUT2D eigenvalue weighted by Crippen LogP contribution is 2.23. The molecule has 0 bridgehead atoms. The minimum absolute atomic E-state index is 0. The van der Waals surface area contributed by atoms with Crippen molar-refractivity contribution in [1.29, 1.82) is 0 Å². The van der Waals surface area contributed by atoms with E-state index in [9.17, 15) is 13.2 Å². The van der Waals surface area contributed by atoms with Crippen LogP contribution in [0.2, 0.25) is 0 Å². The number of morpholine rings is 1. The fraction of sp³-hybridized carbons (Fsp3) is 0.562. The second-order valence-corrected chi connectivity index (χ2v) is 7.71. The predicted molar refractivity (Wildman–Crippen MR) is 98.6 cm³/mol. The molecule has 3 N–H and O–H groups in total. The van der Waals surface area contributed by atoms with E-state index in [4.69, 9.17) is 10.5 Å². The van der Waals surface area contributed by atoms with Crippen molar-refractivity contribution in [2.45, 2.75) is 31.2 Å². The molecule has 1 fully saturated rings. The number of nitrogens with zero attached hydrogens (tertiary/aromatic N) is 1. The van der Waals surface area contributed by atoms with Gasteiger partial charge in [0.2, 0.25) is 10.0 Å². The lowest BCUT2D eigenvalue weighted by atomic mass is 10.1. The van der Waals surface area contributed by atoms with Gasteiger partial charge in [-0.15, -0.1) is 12.4 Å². The van der Waals surface area contributed by atoms with Crippen molar-refractivity contribution in [3.63, 3.8) is 0 Å². The summed E-state index contributed by atoms with van der Waals surface area (Å²) in [6.07, 6.45) is 0.569. The Hall–Kier alpha value is -1.19. The highest BCUT2D eigenvalue weighted by Gasteiger charge is 2.29. The number of benzene rings is 1. The van der Waals surface area contributed by atoms with Crippen molar-refractivity contribution in [2.24, 2.45) is 5.73 Å². The third-order valence-corrected chi connectivity index (χ3v) is 6.01. The molecule has 9 heteroatoms. The predicted octanol–water partition coefficient (Wildman–Crippen LogP) is 0.769. The lowest BCUT2D eigenvalue weighted by molar-refractivity contribution is 0.0730. The molecule has 1 aliphatic heterocycles. The summed E-state index contributed by atoms with van der Waals surface area (Å²) in [4.78, 5) is 12.5. The summed E-state index contributed by atoms with van der Waals surface area (Å²) >= 11 is 0. The van der Waals surface area contributed by atoms with Gasteiger partial charge in [0.1, 0.15) is 0 Å². The van der Waals surface area contributed by atoms with Crippen LogP contribution in [0.25, 0.3) is 0 Å². The van der Waals surface area contributed by atoms with Crippen molar-refractivity contribution >= 4 is 28.3 Å². The van der Waals surface area contributed by atoms with Crippen LogP contribution in [0, 0.1) is 0 Å². The first-order valence-electron chi connectivity index (χ1n) is 8.12. The maximum absolute atomic E-state index is 12.9. The Morgan fingerprint density at radius 1 is 1.36 bits per heavy atom. The number of nitrogens with one attached hydrogen (secondary N) is 1. The van der Waals surface area contributed by atoms with Gasteiger partial charge in [-0.1, -0.05) is 13.0 Å². The van der Waals surface area contributed by atoms with Gasteiger partial charge < -0.3 is 15.8 Å². The summed E-state index contributed by atoms with van der Waals surface area (Å²) in [6.45, 7) is 5.42. The Bertz CT molecular complexity index is 691. The second kappa shape index (κ2) is 9.49. The Balaban J connectivity index is 0.00000312. The molecule has 1 atom stereocenters. The standard InChI is InChI=1S/C16H25N3O4S.ClH/c1-3-13-4-5-14(16(20)18-12(2)11-17)10-15(13)24(21,22)19-6-8-23-9-7-19;/h4-5,10,12H,3,6-9,11,17H2,1-2H3,(H,18,20);1H/t12-;/m0./s1. The first-order chi connectivity index (χ1) is 11.4. The van der Waals surface area contributed by atoms with Crippen LogP contribution in [0.4, 0.5) is 0 Å². The minimum Gasteiger partial charge on any atom is -0.379 e. The van der Waals surface area contributed by atoms with E-state index in [-0.39, 0.29) is 29.3 Å². The van der Waals surface area contributed by atoms with Crippen LogP contribution in [0.1, 0.15) is 29.8 Å². The number of amides is 1. The van der Waals surface area contributed by atoms with E-state index >= 15 is 0 Å². The number of carbonyl (C=O) groups excluding carboxylic acids is 1. The number of aryl methyl sites for hydroxylation is 1. The number of rotatable bonds is 6. The highest BCUT2D eigenvalue weighted by atomic mass is 35.5. The van der Waals surface area contributed by atoms with E-state index in [0.29, 0.717) is 50.4 Å². The van der Waals surface area contributed by atoms with Gasteiger partial charge in [-0.2, -0.15) is 4.31 Å². The molecule has 2 rings (SSSR count). The lowest BCUT2D eigenvalue weighted by Crippen LogP contribution is -2.41. The molecule has 1 saturated heterocycles. The Kier molecular flexibility index (Phi) is 8.30. The molecule has 1 aliphatic rings. The summed E-state index contributed by atoms with van der Waals surface area (Å²) in [5, 5.41) is 2.75. The van der Waals surface area contributed by atoms with E-state index in [2.05, 4.69) is 5.32 Å². The molecule has 0 spiro atoms. The van der Waals surface area contributed by atoms with Gasteiger partial charge in [0.05, 0.1) is 18.1 Å². The molecule has 0 aromatic heterocycles. The molecule has 142 valence electrons. The quantitative estimate of drug-likeness (QED) is 0.745. The zero-order chi connectivity index (χ0) is 17.7. The molecule has 7 nitrogen and oxygen atoms in total. The van der Waals surface area contributed by atoms with Gasteiger partial charge in [0.25, 0.3) is 5.91 Å². The zero-order valence-electron chi connectivity index (χ0n) is 14.5. The number of hydrogen-bond donors (Lipinski definition) is 2. The van der Waals surface area contributed by atoms with Gasteiger partial charge >= 0.3 is 0 Å². The van der Waals surface area contributed by atoms with E-state index in [1.807, 2.05) is 6.92 Å². The van der Waals surface area contributed by atoms with Gasteiger partial charge in [0.15, 0.2) is 0 Å². The van der Waals surface area contributed by atoms with Crippen LogP contribution in [0.15, 0.2) is 23.1 Å². The normalized spacial score (nSPS) is 16.8. The maximum Gasteiger partial charge on any atom is 0.251 e.